The van der Waals surface area contributed by atoms with E-state index in [0.29, 0.717) is 13.0 Å². The van der Waals surface area contributed by atoms with Gasteiger partial charge in [-0.25, -0.2) is 0 Å². The second kappa shape index (κ2) is 17.5. The van der Waals surface area contributed by atoms with Crippen molar-refractivity contribution in [1.29, 1.82) is 0 Å². The summed E-state index contributed by atoms with van der Waals surface area (Å²) >= 11 is 0. The Morgan fingerprint density at radius 3 is 1.76 bits per heavy atom. The van der Waals surface area contributed by atoms with E-state index in [1.807, 2.05) is 18.2 Å². The van der Waals surface area contributed by atoms with E-state index in [-0.39, 0.29) is 5.54 Å². The number of hydrogen-bond acceptors (Lipinski definition) is 4. The molecule has 3 atom stereocenters. The Kier molecular flexibility index (Phi) is 15.9. The van der Waals surface area contributed by atoms with Gasteiger partial charge in [0.15, 0.2) is 0 Å². The molecule has 4 N–H and O–H groups in total. The first kappa shape index (κ1) is 30.1. The maximum absolute atomic E-state index is 10.6. The van der Waals surface area contributed by atoms with Gasteiger partial charge in [0.1, 0.15) is 0 Å². The van der Waals surface area contributed by atoms with E-state index in [9.17, 15) is 10.2 Å². The van der Waals surface area contributed by atoms with Gasteiger partial charge >= 0.3 is 0 Å². The smallest absolute Gasteiger partial charge is 0.0961 e. The number of hydrogen-bond donors (Lipinski definition) is 3. The fourth-order valence-electron chi connectivity index (χ4n) is 4.39. The molecule has 0 bridgehead atoms. The Morgan fingerprint density at radius 1 is 0.788 bits per heavy atom. The first-order valence-electron chi connectivity index (χ1n) is 13.7. The zero-order valence-electron chi connectivity index (χ0n) is 22.1. The monoisotopic (exact) mass is 462 g/mol. The summed E-state index contributed by atoms with van der Waals surface area (Å²) in [7, 11) is 0. The Morgan fingerprint density at radius 2 is 1.27 bits per heavy atom. The van der Waals surface area contributed by atoms with Crippen LogP contribution >= 0.6 is 0 Å². The minimum Gasteiger partial charge on any atom is -0.390 e. The van der Waals surface area contributed by atoms with E-state index in [1.165, 1.54) is 69.8 Å². The molecule has 1 aromatic carbocycles. The fourth-order valence-corrected chi connectivity index (χ4v) is 4.39. The molecule has 0 fully saturated rings. The summed E-state index contributed by atoms with van der Waals surface area (Å²) in [5.74, 6) is 0. The highest BCUT2D eigenvalue weighted by Gasteiger charge is 2.29. The number of aliphatic hydroxyl groups excluding tert-OH is 2. The lowest BCUT2D eigenvalue weighted by Gasteiger charge is -2.39. The van der Waals surface area contributed by atoms with E-state index < -0.39 is 18.2 Å². The number of aliphatic hydroxyl groups is 2. The molecule has 0 aromatic heterocycles. The molecule has 0 saturated heterocycles. The molecule has 0 radical (unpaired) electrons. The predicted molar refractivity (Wildman–Crippen MR) is 142 cm³/mol. The molecular formula is C29H54N2O2. The van der Waals surface area contributed by atoms with E-state index in [0.717, 1.165) is 19.4 Å². The maximum Gasteiger partial charge on any atom is 0.0961 e. The van der Waals surface area contributed by atoms with Crippen LogP contribution in [0, 0.1) is 0 Å². The first-order valence-corrected chi connectivity index (χ1v) is 13.7. The third-order valence-corrected chi connectivity index (χ3v) is 6.78. The normalized spacial score (nSPS) is 15.0. The van der Waals surface area contributed by atoms with Gasteiger partial charge in [-0.2, -0.15) is 0 Å². The summed E-state index contributed by atoms with van der Waals surface area (Å²) < 4.78 is 0. The molecule has 0 aliphatic rings. The van der Waals surface area contributed by atoms with Gasteiger partial charge in [0.05, 0.1) is 12.2 Å². The van der Waals surface area contributed by atoms with Gasteiger partial charge < -0.3 is 15.9 Å². The minimum absolute atomic E-state index is 0.0758. The van der Waals surface area contributed by atoms with Crippen molar-refractivity contribution in [1.82, 2.24) is 4.90 Å². The maximum atomic E-state index is 10.6. The van der Waals surface area contributed by atoms with Crippen LogP contribution < -0.4 is 5.73 Å². The van der Waals surface area contributed by atoms with Crippen molar-refractivity contribution in [2.45, 2.75) is 141 Å². The average molecular weight is 463 g/mol. The van der Waals surface area contributed by atoms with Crippen LogP contribution in [0.4, 0.5) is 0 Å². The molecular weight excluding hydrogens is 408 g/mol. The summed E-state index contributed by atoms with van der Waals surface area (Å²) in [5.41, 5.74) is 7.51. The molecule has 4 heteroatoms. The van der Waals surface area contributed by atoms with Crippen LogP contribution in [-0.2, 0) is 6.54 Å². The number of rotatable bonds is 19. The summed E-state index contributed by atoms with van der Waals surface area (Å²) in [4.78, 5) is 2.28. The van der Waals surface area contributed by atoms with Crippen molar-refractivity contribution in [2.75, 3.05) is 6.54 Å². The summed E-state index contributed by atoms with van der Waals surface area (Å²) in [6.45, 7) is 10.1. The molecule has 0 saturated carbocycles. The zero-order valence-corrected chi connectivity index (χ0v) is 22.1. The third kappa shape index (κ3) is 14.1. The predicted octanol–water partition coefficient (Wildman–Crippen LogP) is 6.43. The zero-order chi connectivity index (χ0) is 24.5. The van der Waals surface area contributed by atoms with Crippen LogP contribution in [0.3, 0.4) is 0 Å². The van der Waals surface area contributed by atoms with Crippen LogP contribution in [0.2, 0.25) is 0 Å². The van der Waals surface area contributed by atoms with Gasteiger partial charge in [-0.1, -0.05) is 114 Å². The summed E-state index contributed by atoms with van der Waals surface area (Å²) in [6, 6.07) is 9.87. The van der Waals surface area contributed by atoms with Gasteiger partial charge in [-0.05, 0) is 32.8 Å². The van der Waals surface area contributed by atoms with Crippen LogP contribution in [0.25, 0.3) is 0 Å². The summed E-state index contributed by atoms with van der Waals surface area (Å²) in [6.07, 6.45) is 14.5. The number of nitrogens with zero attached hydrogens (tertiary/aromatic N) is 1. The molecule has 33 heavy (non-hydrogen) atoms. The molecule has 0 heterocycles. The quantitative estimate of drug-likeness (QED) is 0.207. The Bertz CT molecular complexity index is 573. The largest absolute Gasteiger partial charge is 0.390 e. The van der Waals surface area contributed by atoms with E-state index in [1.54, 1.807) is 0 Å². The van der Waals surface area contributed by atoms with E-state index in [2.05, 4.69) is 44.7 Å². The second-order valence-corrected chi connectivity index (χ2v) is 10.9. The van der Waals surface area contributed by atoms with Crippen molar-refractivity contribution in [3.8, 4) is 0 Å². The van der Waals surface area contributed by atoms with Gasteiger partial charge in [0, 0.05) is 24.7 Å². The minimum atomic E-state index is -0.890. The highest BCUT2D eigenvalue weighted by molar-refractivity contribution is 5.15. The Labute approximate surface area is 205 Å². The Hall–Kier alpha value is -0.940. The van der Waals surface area contributed by atoms with Gasteiger partial charge in [-0.3, -0.25) is 4.90 Å². The highest BCUT2D eigenvalue weighted by Crippen LogP contribution is 2.19. The molecule has 0 aliphatic heterocycles. The van der Waals surface area contributed by atoms with Gasteiger partial charge in [0.25, 0.3) is 0 Å². The molecule has 1 aromatic rings. The van der Waals surface area contributed by atoms with Crippen molar-refractivity contribution in [3.63, 3.8) is 0 Å². The van der Waals surface area contributed by atoms with Gasteiger partial charge in [-0.15, -0.1) is 0 Å². The van der Waals surface area contributed by atoms with Crippen LogP contribution in [0.5, 0.6) is 0 Å². The van der Waals surface area contributed by atoms with Crippen LogP contribution in [0.15, 0.2) is 30.3 Å². The molecule has 0 spiro atoms. The third-order valence-electron chi connectivity index (χ3n) is 6.78. The lowest BCUT2D eigenvalue weighted by Crippen LogP contribution is -2.53. The number of benzene rings is 1. The van der Waals surface area contributed by atoms with Crippen molar-refractivity contribution in [2.24, 2.45) is 5.73 Å². The number of nitrogens with two attached hydrogens (primary N) is 1. The van der Waals surface area contributed by atoms with Crippen LogP contribution in [0.1, 0.15) is 117 Å². The van der Waals surface area contributed by atoms with Crippen LogP contribution in [-0.4, -0.2) is 45.4 Å². The molecule has 1 rings (SSSR count). The first-order chi connectivity index (χ1) is 15.8. The lowest BCUT2D eigenvalue weighted by atomic mass is 9.97. The molecule has 192 valence electrons. The topological polar surface area (TPSA) is 69.7 Å². The van der Waals surface area contributed by atoms with Crippen molar-refractivity contribution < 1.29 is 10.2 Å². The standard InChI is InChI=1S/C29H54N2O2/c1-5-6-7-8-9-10-11-12-13-14-15-19-22-27(32)28(33)26(30)24-31(29(2,3)4)23-25-20-17-16-18-21-25/h16-18,20-21,26-28,32-33H,5-15,19,22-24,30H2,1-4H3/t26-,27+,28-/m0/s1. The second-order valence-electron chi connectivity index (χ2n) is 10.9. The highest BCUT2D eigenvalue weighted by atomic mass is 16.3. The van der Waals surface area contributed by atoms with E-state index in [4.69, 9.17) is 5.73 Å². The lowest BCUT2D eigenvalue weighted by molar-refractivity contribution is -0.0159. The number of unbranched alkanes of at least 4 members (excludes halogenated alkanes) is 11. The summed E-state index contributed by atoms with van der Waals surface area (Å²) in [5, 5.41) is 21.1. The Balaban J connectivity index is 2.22. The molecule has 0 amide bonds. The fraction of sp³-hybridized carbons (Fsp3) is 0.793. The SMILES string of the molecule is CCCCCCCCCCCCCC[C@@H](O)[C@@H](O)[C@@H](N)CN(Cc1ccccc1)C(C)(C)C. The average Bonchev–Trinajstić information content (AvgIpc) is 2.78. The molecule has 4 nitrogen and oxygen atoms in total. The van der Waals surface area contributed by atoms with E-state index >= 15 is 0 Å². The molecule has 0 unspecified atom stereocenters. The van der Waals surface area contributed by atoms with Crippen molar-refractivity contribution in [3.05, 3.63) is 35.9 Å². The molecule has 0 aliphatic carbocycles. The van der Waals surface area contributed by atoms with Crippen molar-refractivity contribution >= 4 is 0 Å². The van der Waals surface area contributed by atoms with Gasteiger partial charge in [0.2, 0.25) is 0 Å².